The molecule has 0 saturated carbocycles. The maximum Gasteiger partial charge on any atom is 0.155 e. The van der Waals surface area contributed by atoms with Crippen LogP contribution in [0, 0.1) is 0 Å². The molecule has 24 heavy (non-hydrogen) atoms. The average Bonchev–Trinajstić information content (AvgIpc) is 3.17. The second-order valence-corrected chi connectivity index (χ2v) is 6.73. The predicted octanol–water partition coefficient (Wildman–Crippen LogP) is 4.27. The number of rotatable bonds is 3. The average molecular weight is 319 g/mol. The van der Waals surface area contributed by atoms with E-state index >= 15 is 0 Å². The molecule has 0 saturated heterocycles. The van der Waals surface area contributed by atoms with Gasteiger partial charge < -0.3 is 14.5 Å². The maximum atomic E-state index is 10.1. The summed E-state index contributed by atoms with van der Waals surface area (Å²) in [6.45, 7) is 5.77. The number of hydrogen-bond donors (Lipinski definition) is 2. The molecule has 4 nitrogen and oxygen atoms in total. The topological polar surface area (TPSA) is 53.3 Å². The molecule has 0 aliphatic rings. The zero-order valence-corrected chi connectivity index (χ0v) is 14.2. The van der Waals surface area contributed by atoms with Crippen LogP contribution in [0.1, 0.15) is 31.9 Å². The van der Waals surface area contributed by atoms with Crippen LogP contribution in [0.15, 0.2) is 48.8 Å². The smallest absolute Gasteiger partial charge is 0.155 e. The molecule has 1 aromatic carbocycles. The van der Waals surface area contributed by atoms with Crippen LogP contribution < -0.4 is 0 Å². The van der Waals surface area contributed by atoms with E-state index in [9.17, 15) is 5.11 Å². The first-order chi connectivity index (χ1) is 11.5. The van der Waals surface area contributed by atoms with Crippen molar-refractivity contribution in [3.8, 4) is 11.3 Å². The van der Waals surface area contributed by atoms with Gasteiger partial charge in [0, 0.05) is 11.8 Å². The normalized spacial score (nSPS) is 12.3. The Hall–Kier alpha value is -2.59. The lowest BCUT2D eigenvalue weighted by atomic mass is 9.96. The van der Waals surface area contributed by atoms with Crippen LogP contribution in [0.25, 0.3) is 27.9 Å². The lowest BCUT2D eigenvalue weighted by Gasteiger charge is -2.17. The van der Waals surface area contributed by atoms with Crippen molar-refractivity contribution in [2.75, 3.05) is 0 Å². The molecule has 4 heteroatoms. The van der Waals surface area contributed by atoms with Crippen LogP contribution in [-0.4, -0.2) is 19.5 Å². The Morgan fingerprint density at radius 3 is 2.58 bits per heavy atom. The van der Waals surface area contributed by atoms with Gasteiger partial charge in [-0.05, 0) is 43.5 Å². The van der Waals surface area contributed by atoms with Crippen LogP contribution in [-0.2, 0) is 12.0 Å². The molecule has 0 radical (unpaired) electrons. The SMILES string of the molecule is CCc1c(-c2ccc(C(C)(C)O)cc2)[nH]c2ncc3cccn3c12. The second kappa shape index (κ2) is 5.21. The minimum absolute atomic E-state index is 0.828. The van der Waals surface area contributed by atoms with E-state index in [1.807, 2.05) is 24.4 Å². The minimum atomic E-state index is -0.828. The zero-order valence-electron chi connectivity index (χ0n) is 14.2. The lowest BCUT2D eigenvalue weighted by molar-refractivity contribution is 0.0786. The highest BCUT2D eigenvalue weighted by atomic mass is 16.3. The number of fused-ring (bicyclic) bond motifs is 3. The number of H-pyrrole nitrogens is 1. The molecular formula is C20H21N3O. The van der Waals surface area contributed by atoms with Crippen molar-refractivity contribution in [3.05, 3.63) is 59.9 Å². The highest BCUT2D eigenvalue weighted by molar-refractivity contribution is 5.87. The van der Waals surface area contributed by atoms with Gasteiger partial charge in [-0.2, -0.15) is 0 Å². The van der Waals surface area contributed by atoms with Crippen molar-refractivity contribution < 1.29 is 5.11 Å². The molecule has 2 N–H and O–H groups in total. The summed E-state index contributed by atoms with van der Waals surface area (Å²) in [5.41, 5.74) is 6.69. The number of aryl methyl sites for hydroxylation is 1. The van der Waals surface area contributed by atoms with E-state index in [1.165, 1.54) is 5.56 Å². The first-order valence-corrected chi connectivity index (χ1v) is 8.29. The number of nitrogens with one attached hydrogen (secondary N) is 1. The summed E-state index contributed by atoms with van der Waals surface area (Å²) in [7, 11) is 0. The third-order valence-corrected chi connectivity index (χ3v) is 4.64. The van der Waals surface area contributed by atoms with Crippen molar-refractivity contribution >= 4 is 16.7 Å². The van der Waals surface area contributed by atoms with Crippen LogP contribution in [0.4, 0.5) is 0 Å². The number of aromatic nitrogens is 3. The van der Waals surface area contributed by atoms with E-state index in [1.54, 1.807) is 13.8 Å². The van der Waals surface area contributed by atoms with Crippen molar-refractivity contribution in [2.24, 2.45) is 0 Å². The van der Waals surface area contributed by atoms with Gasteiger partial charge in [-0.1, -0.05) is 31.2 Å². The third-order valence-electron chi connectivity index (χ3n) is 4.64. The monoisotopic (exact) mass is 319 g/mol. The summed E-state index contributed by atoms with van der Waals surface area (Å²) in [6, 6.07) is 12.2. The second-order valence-electron chi connectivity index (χ2n) is 6.73. The van der Waals surface area contributed by atoms with Crippen molar-refractivity contribution in [1.82, 2.24) is 14.4 Å². The van der Waals surface area contributed by atoms with E-state index in [0.717, 1.165) is 39.9 Å². The summed E-state index contributed by atoms with van der Waals surface area (Å²) < 4.78 is 2.19. The highest BCUT2D eigenvalue weighted by Gasteiger charge is 2.18. The third kappa shape index (κ3) is 2.22. The van der Waals surface area contributed by atoms with E-state index in [4.69, 9.17) is 0 Å². The zero-order chi connectivity index (χ0) is 16.9. The summed E-state index contributed by atoms with van der Waals surface area (Å²) >= 11 is 0. The first kappa shape index (κ1) is 15.0. The summed E-state index contributed by atoms with van der Waals surface area (Å²) in [5, 5.41) is 10.1. The fourth-order valence-corrected chi connectivity index (χ4v) is 3.34. The van der Waals surface area contributed by atoms with Gasteiger partial charge >= 0.3 is 0 Å². The molecule has 0 aliphatic heterocycles. The van der Waals surface area contributed by atoms with E-state index in [0.29, 0.717) is 0 Å². The Labute approximate surface area is 140 Å². The van der Waals surface area contributed by atoms with Crippen LogP contribution in [0.3, 0.4) is 0 Å². The Balaban J connectivity index is 1.93. The van der Waals surface area contributed by atoms with Gasteiger partial charge in [0.15, 0.2) is 5.65 Å². The Morgan fingerprint density at radius 2 is 1.92 bits per heavy atom. The molecule has 3 aromatic heterocycles. The van der Waals surface area contributed by atoms with Crippen molar-refractivity contribution in [1.29, 1.82) is 0 Å². The Kier molecular flexibility index (Phi) is 3.25. The largest absolute Gasteiger partial charge is 0.386 e. The van der Waals surface area contributed by atoms with E-state index in [-0.39, 0.29) is 0 Å². The molecule has 0 atom stereocenters. The summed E-state index contributed by atoms with van der Waals surface area (Å²) in [4.78, 5) is 8.05. The molecule has 4 aromatic rings. The molecule has 0 bridgehead atoms. The van der Waals surface area contributed by atoms with Crippen LogP contribution >= 0.6 is 0 Å². The maximum absolute atomic E-state index is 10.1. The molecule has 0 spiro atoms. The van der Waals surface area contributed by atoms with Gasteiger partial charge in [0.05, 0.1) is 28.5 Å². The van der Waals surface area contributed by atoms with Gasteiger partial charge in [0.1, 0.15) is 0 Å². The molecular weight excluding hydrogens is 298 g/mol. The van der Waals surface area contributed by atoms with Crippen LogP contribution in [0.2, 0.25) is 0 Å². The first-order valence-electron chi connectivity index (χ1n) is 8.29. The predicted molar refractivity (Wildman–Crippen MR) is 97.1 cm³/mol. The molecule has 0 aliphatic carbocycles. The van der Waals surface area contributed by atoms with E-state index < -0.39 is 5.60 Å². The standard InChI is InChI=1S/C20H21N3O/c1-4-16-17(13-7-9-14(10-8-13)20(2,3)24)22-19-18(16)23-11-5-6-15(23)12-21-19/h5-12,22,24H,4H2,1-3H3. The fraction of sp³-hybridized carbons (Fsp3) is 0.250. The Morgan fingerprint density at radius 1 is 1.17 bits per heavy atom. The van der Waals surface area contributed by atoms with Gasteiger partial charge in [-0.15, -0.1) is 0 Å². The van der Waals surface area contributed by atoms with E-state index in [2.05, 4.69) is 45.7 Å². The number of benzene rings is 1. The van der Waals surface area contributed by atoms with Crippen molar-refractivity contribution in [3.63, 3.8) is 0 Å². The number of aromatic amines is 1. The lowest BCUT2D eigenvalue weighted by Crippen LogP contribution is -2.14. The molecule has 4 rings (SSSR count). The number of hydrogen-bond acceptors (Lipinski definition) is 2. The Bertz CT molecular complexity index is 1020. The van der Waals surface area contributed by atoms with Crippen molar-refractivity contribution in [2.45, 2.75) is 32.8 Å². The van der Waals surface area contributed by atoms with Gasteiger partial charge in [-0.25, -0.2) is 4.98 Å². The highest BCUT2D eigenvalue weighted by Crippen LogP contribution is 2.32. The minimum Gasteiger partial charge on any atom is -0.386 e. The van der Waals surface area contributed by atoms with Crippen LogP contribution in [0.5, 0.6) is 0 Å². The quantitative estimate of drug-likeness (QED) is 0.592. The molecule has 0 unspecified atom stereocenters. The molecule has 0 fully saturated rings. The number of aliphatic hydroxyl groups is 1. The van der Waals surface area contributed by atoms with Gasteiger partial charge in [0.2, 0.25) is 0 Å². The molecule has 3 heterocycles. The summed E-state index contributed by atoms with van der Waals surface area (Å²) in [5.74, 6) is 0. The molecule has 0 amide bonds. The summed E-state index contributed by atoms with van der Waals surface area (Å²) in [6.07, 6.45) is 4.88. The van der Waals surface area contributed by atoms with Gasteiger partial charge in [-0.3, -0.25) is 0 Å². The number of nitrogens with zero attached hydrogens (tertiary/aromatic N) is 2. The fourth-order valence-electron chi connectivity index (χ4n) is 3.34. The molecule has 122 valence electrons. The van der Waals surface area contributed by atoms with Gasteiger partial charge in [0.25, 0.3) is 0 Å².